The van der Waals surface area contributed by atoms with Crippen LogP contribution in [0.5, 0.6) is 0 Å². The van der Waals surface area contributed by atoms with Crippen LogP contribution in [0.2, 0.25) is 0 Å². The van der Waals surface area contributed by atoms with E-state index >= 15 is 0 Å². The Labute approximate surface area is 137 Å². The molecule has 108 valence electrons. The van der Waals surface area contributed by atoms with Crippen molar-refractivity contribution < 1.29 is 0 Å². The van der Waals surface area contributed by atoms with Crippen LogP contribution in [0.15, 0.2) is 58.9 Å². The summed E-state index contributed by atoms with van der Waals surface area (Å²) in [5.41, 5.74) is 2.44. The van der Waals surface area contributed by atoms with Gasteiger partial charge in [0, 0.05) is 13.1 Å². The predicted molar refractivity (Wildman–Crippen MR) is 95.6 cm³/mol. The van der Waals surface area contributed by atoms with Gasteiger partial charge in [-0.2, -0.15) is 0 Å². The Morgan fingerprint density at radius 2 is 1.81 bits per heavy atom. The van der Waals surface area contributed by atoms with E-state index in [1.54, 1.807) is 33.1 Å². The minimum atomic E-state index is 0.958. The third kappa shape index (κ3) is 4.01. The van der Waals surface area contributed by atoms with Gasteiger partial charge in [0.15, 0.2) is 4.34 Å². The van der Waals surface area contributed by atoms with Gasteiger partial charge in [-0.05, 0) is 39.5 Å². The van der Waals surface area contributed by atoms with Crippen LogP contribution in [0.1, 0.15) is 12.5 Å². The molecule has 0 aliphatic carbocycles. The van der Waals surface area contributed by atoms with Crippen LogP contribution in [0.25, 0.3) is 10.2 Å². The first-order valence-electron chi connectivity index (χ1n) is 6.84. The predicted octanol–water partition coefficient (Wildman–Crippen LogP) is 5.47. The molecule has 0 radical (unpaired) electrons. The topological polar surface area (TPSA) is 16.1 Å². The van der Waals surface area contributed by atoms with E-state index in [0.717, 1.165) is 22.9 Å². The second-order valence-electron chi connectivity index (χ2n) is 4.55. The SMILES string of the molecule is CCN(Cc1ccccc1)SSc1nc2ccccc2s1. The number of fused-ring (bicyclic) bond motifs is 1. The van der Waals surface area contributed by atoms with Crippen molar-refractivity contribution >= 4 is 43.3 Å². The first kappa shape index (κ1) is 14.9. The lowest BCUT2D eigenvalue weighted by Crippen LogP contribution is -2.12. The van der Waals surface area contributed by atoms with Crippen molar-refractivity contribution in [2.24, 2.45) is 0 Å². The number of para-hydroxylation sites is 1. The monoisotopic (exact) mass is 332 g/mol. The molecule has 2 nitrogen and oxygen atoms in total. The van der Waals surface area contributed by atoms with E-state index in [0.29, 0.717) is 0 Å². The molecule has 0 atom stereocenters. The lowest BCUT2D eigenvalue weighted by atomic mass is 10.2. The molecule has 0 amide bonds. The van der Waals surface area contributed by atoms with Crippen LogP contribution in [0.3, 0.4) is 0 Å². The zero-order valence-corrected chi connectivity index (χ0v) is 14.2. The molecule has 0 bridgehead atoms. The lowest BCUT2D eigenvalue weighted by molar-refractivity contribution is 0.498. The van der Waals surface area contributed by atoms with Gasteiger partial charge in [-0.3, -0.25) is 0 Å². The van der Waals surface area contributed by atoms with Crippen LogP contribution in [0.4, 0.5) is 0 Å². The van der Waals surface area contributed by atoms with Gasteiger partial charge in [0.05, 0.1) is 10.2 Å². The highest BCUT2D eigenvalue weighted by molar-refractivity contribution is 8.76. The van der Waals surface area contributed by atoms with Crippen LogP contribution in [-0.4, -0.2) is 15.8 Å². The molecule has 3 aromatic rings. The third-order valence-electron chi connectivity index (χ3n) is 3.04. The zero-order valence-electron chi connectivity index (χ0n) is 11.7. The van der Waals surface area contributed by atoms with E-state index in [9.17, 15) is 0 Å². The van der Waals surface area contributed by atoms with Crippen LogP contribution in [0, 0.1) is 0 Å². The summed E-state index contributed by atoms with van der Waals surface area (Å²) in [6, 6.07) is 18.9. The largest absolute Gasteiger partial charge is 0.237 e. The van der Waals surface area contributed by atoms with E-state index in [-0.39, 0.29) is 0 Å². The Balaban J connectivity index is 1.62. The van der Waals surface area contributed by atoms with Gasteiger partial charge in [0.25, 0.3) is 0 Å². The number of rotatable bonds is 6. The molecule has 21 heavy (non-hydrogen) atoms. The van der Waals surface area contributed by atoms with Gasteiger partial charge in [-0.25, -0.2) is 9.29 Å². The molecule has 1 aromatic heterocycles. The molecule has 3 rings (SSSR count). The van der Waals surface area contributed by atoms with Crippen LogP contribution in [-0.2, 0) is 6.54 Å². The molecule has 0 aliphatic rings. The Kier molecular flexibility index (Phi) is 5.19. The summed E-state index contributed by atoms with van der Waals surface area (Å²) in [5.74, 6) is 0. The van der Waals surface area contributed by atoms with Gasteiger partial charge in [0.1, 0.15) is 0 Å². The van der Waals surface area contributed by atoms with Crippen LogP contribution >= 0.6 is 33.1 Å². The smallest absolute Gasteiger partial charge is 0.162 e. The quantitative estimate of drug-likeness (QED) is 0.439. The first-order chi connectivity index (χ1) is 10.3. The summed E-state index contributed by atoms with van der Waals surface area (Å²) in [7, 11) is 3.53. The van der Waals surface area contributed by atoms with Gasteiger partial charge in [-0.1, -0.05) is 49.4 Å². The zero-order chi connectivity index (χ0) is 14.5. The molecule has 0 N–H and O–H groups in total. The second kappa shape index (κ2) is 7.31. The van der Waals surface area contributed by atoms with E-state index in [4.69, 9.17) is 0 Å². The fourth-order valence-corrected chi connectivity index (χ4v) is 5.34. The maximum Gasteiger partial charge on any atom is 0.162 e. The molecule has 0 spiro atoms. The lowest BCUT2D eigenvalue weighted by Gasteiger charge is -2.17. The van der Waals surface area contributed by atoms with Gasteiger partial charge in [-0.15, -0.1) is 11.3 Å². The standard InChI is InChI=1S/C16H16N2S3/c1-2-18(12-13-8-4-3-5-9-13)21-20-16-17-14-10-6-7-11-15(14)19-16/h3-11H,2,12H2,1H3. The fraction of sp³-hybridized carbons (Fsp3) is 0.188. The Hall–Kier alpha value is -1.01. The number of hydrogen-bond acceptors (Lipinski definition) is 5. The molecular formula is C16H16N2S3. The van der Waals surface area contributed by atoms with Gasteiger partial charge in [0.2, 0.25) is 0 Å². The Morgan fingerprint density at radius 1 is 1.05 bits per heavy atom. The van der Waals surface area contributed by atoms with Gasteiger partial charge < -0.3 is 0 Å². The molecule has 0 unspecified atom stereocenters. The van der Waals surface area contributed by atoms with Crippen molar-refractivity contribution in [2.75, 3.05) is 6.54 Å². The number of thiazole rings is 1. The highest BCUT2D eigenvalue weighted by atomic mass is 33.1. The summed E-state index contributed by atoms with van der Waals surface area (Å²) in [5, 5.41) is 0. The summed E-state index contributed by atoms with van der Waals surface area (Å²) in [4.78, 5) is 4.66. The molecule has 0 aliphatic heterocycles. The minimum Gasteiger partial charge on any atom is -0.237 e. The van der Waals surface area contributed by atoms with Crippen molar-refractivity contribution in [3.63, 3.8) is 0 Å². The number of aromatic nitrogens is 1. The fourth-order valence-electron chi connectivity index (χ4n) is 1.95. The number of benzene rings is 2. The minimum absolute atomic E-state index is 0.958. The molecule has 0 saturated carbocycles. The maximum atomic E-state index is 4.66. The van der Waals surface area contributed by atoms with E-state index < -0.39 is 0 Å². The van der Waals surface area contributed by atoms with Crippen molar-refractivity contribution in [3.8, 4) is 0 Å². The van der Waals surface area contributed by atoms with Crippen molar-refractivity contribution in [1.29, 1.82) is 0 Å². The highest BCUT2D eigenvalue weighted by Crippen LogP contribution is 2.38. The van der Waals surface area contributed by atoms with E-state index in [2.05, 4.69) is 64.7 Å². The molecular weight excluding hydrogens is 316 g/mol. The Morgan fingerprint density at radius 3 is 2.57 bits per heavy atom. The average molecular weight is 333 g/mol. The molecule has 2 aromatic carbocycles. The summed E-state index contributed by atoms with van der Waals surface area (Å²) in [6.45, 7) is 4.16. The van der Waals surface area contributed by atoms with Crippen molar-refractivity contribution in [1.82, 2.24) is 9.29 Å². The maximum absolute atomic E-state index is 4.66. The Bertz CT molecular complexity index is 664. The summed E-state index contributed by atoms with van der Waals surface area (Å²) in [6.07, 6.45) is 0. The van der Waals surface area contributed by atoms with Gasteiger partial charge >= 0.3 is 0 Å². The first-order valence-corrected chi connectivity index (χ1v) is 9.76. The summed E-state index contributed by atoms with van der Waals surface area (Å²) < 4.78 is 4.73. The second-order valence-corrected chi connectivity index (χ2v) is 8.00. The molecule has 0 fully saturated rings. The van der Waals surface area contributed by atoms with Crippen molar-refractivity contribution in [2.45, 2.75) is 17.8 Å². The number of nitrogens with zero attached hydrogens (tertiary/aromatic N) is 2. The molecule has 1 heterocycles. The molecule has 5 heteroatoms. The van der Waals surface area contributed by atoms with Crippen molar-refractivity contribution in [3.05, 3.63) is 60.2 Å². The van der Waals surface area contributed by atoms with E-state index in [1.807, 2.05) is 6.07 Å². The van der Waals surface area contributed by atoms with Crippen LogP contribution < -0.4 is 0 Å². The molecule has 0 saturated heterocycles. The highest BCUT2D eigenvalue weighted by Gasteiger charge is 2.09. The normalized spacial score (nSPS) is 11.3. The third-order valence-corrected chi connectivity index (χ3v) is 6.93. The van der Waals surface area contributed by atoms with E-state index in [1.165, 1.54) is 10.3 Å². The summed E-state index contributed by atoms with van der Waals surface area (Å²) >= 11 is 1.76. The average Bonchev–Trinajstić information content (AvgIpc) is 2.95. The number of hydrogen-bond donors (Lipinski definition) is 0.